The second-order valence-electron chi connectivity index (χ2n) is 5.92. The Hall–Kier alpha value is -1.39. The molecular weight excluding hydrogens is 240 g/mol. The van der Waals surface area contributed by atoms with Gasteiger partial charge in [0.25, 0.3) is 0 Å². The minimum absolute atomic E-state index is 0.0900. The molecule has 106 valence electrons. The summed E-state index contributed by atoms with van der Waals surface area (Å²) in [5.74, 6) is -0.259. The van der Waals surface area contributed by atoms with Crippen molar-refractivity contribution in [2.75, 3.05) is 6.54 Å². The van der Waals surface area contributed by atoms with E-state index in [1.54, 1.807) is 6.92 Å². The van der Waals surface area contributed by atoms with E-state index in [9.17, 15) is 9.90 Å². The second kappa shape index (κ2) is 6.17. The number of hydrogen-bond acceptors (Lipinski definition) is 3. The third kappa shape index (κ3) is 4.65. The van der Waals surface area contributed by atoms with E-state index >= 15 is 0 Å². The largest absolute Gasteiger partial charge is 0.387 e. The quantitative estimate of drug-likeness (QED) is 0.771. The average Bonchev–Trinajstić information content (AvgIpc) is 2.34. The van der Waals surface area contributed by atoms with E-state index in [-0.39, 0.29) is 17.9 Å². The molecule has 0 saturated heterocycles. The third-order valence-corrected chi connectivity index (χ3v) is 3.04. The van der Waals surface area contributed by atoms with Crippen molar-refractivity contribution >= 4 is 5.91 Å². The molecule has 19 heavy (non-hydrogen) atoms. The molecule has 0 bridgehead atoms. The highest BCUT2D eigenvalue weighted by Gasteiger charge is 2.15. The second-order valence-corrected chi connectivity index (χ2v) is 5.92. The van der Waals surface area contributed by atoms with Gasteiger partial charge in [-0.3, -0.25) is 4.79 Å². The van der Waals surface area contributed by atoms with Gasteiger partial charge in [0.1, 0.15) is 0 Å². The molecule has 0 fully saturated rings. The summed E-state index contributed by atoms with van der Waals surface area (Å²) in [4.78, 5) is 11.3. The molecule has 1 aromatic rings. The molecule has 1 unspecified atom stereocenters. The molecule has 0 radical (unpaired) electrons. The molecule has 0 aliphatic carbocycles. The summed E-state index contributed by atoms with van der Waals surface area (Å²) in [6.45, 7) is 8.21. The molecule has 0 aliphatic rings. The third-order valence-electron chi connectivity index (χ3n) is 3.04. The summed E-state index contributed by atoms with van der Waals surface area (Å²) in [7, 11) is 0. The van der Waals surface area contributed by atoms with Crippen molar-refractivity contribution in [3.8, 4) is 0 Å². The minimum atomic E-state index is -0.711. The molecule has 1 aromatic carbocycles. The van der Waals surface area contributed by atoms with Gasteiger partial charge in [-0.1, -0.05) is 45.0 Å². The van der Waals surface area contributed by atoms with E-state index in [0.717, 1.165) is 5.56 Å². The fraction of sp³-hybridized carbons (Fsp3) is 0.533. The van der Waals surface area contributed by atoms with E-state index in [0.29, 0.717) is 0 Å². The van der Waals surface area contributed by atoms with Crippen LogP contribution in [0, 0.1) is 0 Å². The summed E-state index contributed by atoms with van der Waals surface area (Å²) in [6, 6.07) is 7.24. The molecule has 0 spiro atoms. The molecule has 4 N–H and O–H groups in total. The molecule has 4 heteroatoms. The normalized spacial score (nSPS) is 14.8. The van der Waals surface area contributed by atoms with Crippen LogP contribution >= 0.6 is 0 Å². The number of carbonyl (C=O) groups excluding carboxylic acids is 1. The number of rotatable bonds is 4. The molecular formula is C15H24N2O2. The molecule has 4 nitrogen and oxygen atoms in total. The molecule has 1 rings (SSSR count). The molecule has 0 aliphatic heterocycles. The van der Waals surface area contributed by atoms with Crippen LogP contribution in [0.1, 0.15) is 44.9 Å². The van der Waals surface area contributed by atoms with Crippen molar-refractivity contribution in [1.29, 1.82) is 0 Å². The van der Waals surface area contributed by atoms with Gasteiger partial charge in [0.05, 0.1) is 12.1 Å². The molecule has 2 atom stereocenters. The van der Waals surface area contributed by atoms with Gasteiger partial charge in [0, 0.05) is 6.54 Å². The van der Waals surface area contributed by atoms with Crippen molar-refractivity contribution in [3.05, 3.63) is 35.4 Å². The summed E-state index contributed by atoms with van der Waals surface area (Å²) >= 11 is 0. The Labute approximate surface area is 115 Å². The molecule has 1 amide bonds. The van der Waals surface area contributed by atoms with E-state index in [1.165, 1.54) is 5.56 Å². The van der Waals surface area contributed by atoms with Crippen molar-refractivity contribution in [2.45, 2.75) is 45.3 Å². The number of amides is 1. The first-order valence-electron chi connectivity index (χ1n) is 6.53. The predicted molar refractivity (Wildman–Crippen MR) is 76.8 cm³/mol. The van der Waals surface area contributed by atoms with Crippen LogP contribution in [0.25, 0.3) is 0 Å². The van der Waals surface area contributed by atoms with Crippen LogP contribution in [0.15, 0.2) is 24.3 Å². The highest BCUT2D eigenvalue weighted by molar-refractivity contribution is 5.80. The summed E-state index contributed by atoms with van der Waals surface area (Å²) < 4.78 is 0. The zero-order chi connectivity index (χ0) is 14.6. The van der Waals surface area contributed by atoms with Gasteiger partial charge < -0.3 is 16.2 Å². The number of aliphatic hydroxyl groups is 1. The number of nitrogens with one attached hydrogen (secondary N) is 1. The summed E-state index contributed by atoms with van der Waals surface area (Å²) in [6.07, 6.45) is -0.711. The van der Waals surface area contributed by atoms with Crippen LogP contribution in [-0.4, -0.2) is 23.6 Å². The number of hydrogen-bond donors (Lipinski definition) is 3. The van der Waals surface area contributed by atoms with Gasteiger partial charge in [-0.15, -0.1) is 0 Å². The van der Waals surface area contributed by atoms with Crippen LogP contribution in [-0.2, 0) is 10.2 Å². The monoisotopic (exact) mass is 264 g/mol. The van der Waals surface area contributed by atoms with Crippen LogP contribution in [0.3, 0.4) is 0 Å². The average molecular weight is 264 g/mol. The lowest BCUT2D eigenvalue weighted by Gasteiger charge is -2.20. The van der Waals surface area contributed by atoms with E-state index in [4.69, 9.17) is 5.73 Å². The first-order chi connectivity index (χ1) is 8.71. The number of aliphatic hydroxyl groups excluding tert-OH is 1. The predicted octanol–water partition coefficient (Wildman–Crippen LogP) is 1.48. The zero-order valence-corrected chi connectivity index (χ0v) is 12.1. The van der Waals surface area contributed by atoms with E-state index in [1.807, 2.05) is 24.3 Å². The highest BCUT2D eigenvalue weighted by atomic mass is 16.3. The topological polar surface area (TPSA) is 75.4 Å². The van der Waals surface area contributed by atoms with Crippen molar-refractivity contribution < 1.29 is 9.90 Å². The Morgan fingerprint density at radius 3 is 2.26 bits per heavy atom. The highest BCUT2D eigenvalue weighted by Crippen LogP contribution is 2.23. The zero-order valence-electron chi connectivity index (χ0n) is 12.1. The number of carbonyl (C=O) groups is 1. The maximum Gasteiger partial charge on any atom is 0.236 e. The van der Waals surface area contributed by atoms with Crippen LogP contribution < -0.4 is 11.1 Å². The SMILES string of the molecule is C[C@@H](N)C(=O)NCC(O)c1ccc(C(C)(C)C)cc1. The summed E-state index contributed by atoms with van der Waals surface area (Å²) in [5.41, 5.74) is 7.53. The fourth-order valence-electron chi connectivity index (χ4n) is 1.68. The Kier molecular flexibility index (Phi) is 5.09. The lowest BCUT2D eigenvalue weighted by Crippen LogP contribution is -2.40. The van der Waals surface area contributed by atoms with Crippen LogP contribution in [0.2, 0.25) is 0 Å². The van der Waals surface area contributed by atoms with E-state index in [2.05, 4.69) is 26.1 Å². The Morgan fingerprint density at radius 1 is 1.32 bits per heavy atom. The first-order valence-corrected chi connectivity index (χ1v) is 6.53. The first kappa shape index (κ1) is 15.7. The molecule has 0 saturated carbocycles. The van der Waals surface area contributed by atoms with Crippen molar-refractivity contribution in [3.63, 3.8) is 0 Å². The number of nitrogens with two attached hydrogens (primary N) is 1. The van der Waals surface area contributed by atoms with Gasteiger partial charge in [-0.05, 0) is 23.5 Å². The number of benzene rings is 1. The lowest BCUT2D eigenvalue weighted by atomic mass is 9.86. The van der Waals surface area contributed by atoms with E-state index < -0.39 is 12.1 Å². The van der Waals surface area contributed by atoms with Crippen LogP contribution in [0.4, 0.5) is 0 Å². The lowest BCUT2D eigenvalue weighted by molar-refractivity contribution is -0.122. The van der Waals surface area contributed by atoms with Gasteiger partial charge in [-0.2, -0.15) is 0 Å². The Morgan fingerprint density at radius 2 is 1.84 bits per heavy atom. The Bertz CT molecular complexity index is 419. The molecule has 0 heterocycles. The maximum atomic E-state index is 11.3. The maximum absolute atomic E-state index is 11.3. The van der Waals surface area contributed by atoms with Gasteiger partial charge in [0.2, 0.25) is 5.91 Å². The van der Waals surface area contributed by atoms with Crippen molar-refractivity contribution in [2.24, 2.45) is 5.73 Å². The van der Waals surface area contributed by atoms with Crippen molar-refractivity contribution in [1.82, 2.24) is 5.32 Å². The van der Waals surface area contributed by atoms with Gasteiger partial charge in [0.15, 0.2) is 0 Å². The van der Waals surface area contributed by atoms with Crippen LogP contribution in [0.5, 0.6) is 0 Å². The fourth-order valence-corrected chi connectivity index (χ4v) is 1.68. The summed E-state index contributed by atoms with van der Waals surface area (Å²) in [5, 5.41) is 12.6. The van der Waals surface area contributed by atoms with Gasteiger partial charge >= 0.3 is 0 Å². The minimum Gasteiger partial charge on any atom is -0.387 e. The smallest absolute Gasteiger partial charge is 0.236 e. The molecule has 0 aromatic heterocycles. The standard InChI is InChI=1S/C15H24N2O2/c1-10(16)14(19)17-9-13(18)11-5-7-12(8-6-11)15(2,3)4/h5-8,10,13,18H,9,16H2,1-4H3,(H,17,19)/t10-,13?/m1/s1. The Balaban J connectivity index is 2.63. The van der Waals surface area contributed by atoms with Gasteiger partial charge in [-0.25, -0.2) is 0 Å².